The first-order chi connectivity index (χ1) is 10.4. The second kappa shape index (κ2) is 8.53. The largest absolute Gasteiger partial charge is 0.486 e. The summed E-state index contributed by atoms with van der Waals surface area (Å²) in [6, 6.07) is 12.0. The number of benzene rings is 1. The third-order valence-electron chi connectivity index (χ3n) is 3.67. The van der Waals surface area contributed by atoms with E-state index in [1.807, 2.05) is 44.2 Å². The van der Waals surface area contributed by atoms with Gasteiger partial charge < -0.3 is 14.5 Å². The Hall–Kier alpha value is -1.74. The van der Waals surface area contributed by atoms with Gasteiger partial charge in [-0.1, -0.05) is 32.0 Å². The van der Waals surface area contributed by atoms with Crippen molar-refractivity contribution in [2.24, 2.45) is 0 Å². The average molecular weight is 287 g/mol. The number of para-hydroxylation sites is 1. The van der Waals surface area contributed by atoms with Crippen molar-refractivity contribution in [2.45, 2.75) is 39.2 Å². The number of rotatable bonds is 4. The zero-order valence-electron chi connectivity index (χ0n) is 13.0. The zero-order valence-corrected chi connectivity index (χ0v) is 13.0. The zero-order chi connectivity index (χ0) is 14.9. The van der Waals surface area contributed by atoms with E-state index in [1.165, 1.54) is 18.4 Å². The molecule has 0 radical (unpaired) electrons. The molecule has 2 aromatic rings. The van der Waals surface area contributed by atoms with E-state index in [0.717, 1.165) is 24.6 Å². The molecule has 1 N–H and O–H groups in total. The van der Waals surface area contributed by atoms with Gasteiger partial charge in [-0.15, -0.1) is 0 Å². The van der Waals surface area contributed by atoms with Gasteiger partial charge in [0.05, 0.1) is 6.26 Å². The van der Waals surface area contributed by atoms with Crippen molar-refractivity contribution in [1.82, 2.24) is 5.32 Å². The van der Waals surface area contributed by atoms with E-state index in [1.54, 1.807) is 6.26 Å². The smallest absolute Gasteiger partial charge is 0.146 e. The van der Waals surface area contributed by atoms with Crippen LogP contribution in [0.2, 0.25) is 0 Å². The molecule has 3 heteroatoms. The van der Waals surface area contributed by atoms with Crippen molar-refractivity contribution < 1.29 is 9.15 Å². The summed E-state index contributed by atoms with van der Waals surface area (Å²) in [6.45, 7) is 6.69. The van der Waals surface area contributed by atoms with Crippen molar-refractivity contribution in [3.05, 3.63) is 54.0 Å². The molecule has 1 saturated heterocycles. The van der Waals surface area contributed by atoms with Crippen LogP contribution in [0.3, 0.4) is 0 Å². The van der Waals surface area contributed by atoms with E-state index in [4.69, 9.17) is 9.15 Å². The Labute approximate surface area is 127 Å². The SMILES string of the molecule is CC.c1ccc(OCc2occc2C2CCNCC2)cc1. The first-order valence-corrected chi connectivity index (χ1v) is 7.88. The minimum absolute atomic E-state index is 0.510. The summed E-state index contributed by atoms with van der Waals surface area (Å²) in [6.07, 6.45) is 4.14. The number of hydrogen-bond donors (Lipinski definition) is 1. The fourth-order valence-electron chi connectivity index (χ4n) is 2.63. The summed E-state index contributed by atoms with van der Waals surface area (Å²) >= 11 is 0. The van der Waals surface area contributed by atoms with E-state index in [0.29, 0.717) is 12.5 Å². The van der Waals surface area contributed by atoms with E-state index in [9.17, 15) is 0 Å². The van der Waals surface area contributed by atoms with Gasteiger partial charge in [-0.3, -0.25) is 0 Å². The van der Waals surface area contributed by atoms with Crippen LogP contribution in [0.5, 0.6) is 5.75 Å². The molecule has 0 atom stereocenters. The van der Waals surface area contributed by atoms with Crippen LogP contribution in [0.15, 0.2) is 47.1 Å². The van der Waals surface area contributed by atoms with E-state index in [-0.39, 0.29) is 0 Å². The van der Waals surface area contributed by atoms with Gasteiger partial charge in [0.1, 0.15) is 18.1 Å². The molecule has 2 heterocycles. The first-order valence-electron chi connectivity index (χ1n) is 7.88. The summed E-state index contributed by atoms with van der Waals surface area (Å²) in [4.78, 5) is 0. The third kappa shape index (κ3) is 4.36. The number of hydrogen-bond acceptors (Lipinski definition) is 3. The Kier molecular flexibility index (Phi) is 6.35. The summed E-state index contributed by atoms with van der Waals surface area (Å²) in [5, 5.41) is 3.39. The van der Waals surface area contributed by atoms with Gasteiger partial charge in [0.15, 0.2) is 0 Å². The molecule has 1 aromatic heterocycles. The number of nitrogens with one attached hydrogen (secondary N) is 1. The van der Waals surface area contributed by atoms with Crippen molar-refractivity contribution in [3.63, 3.8) is 0 Å². The Balaban J connectivity index is 0.000000774. The maximum Gasteiger partial charge on any atom is 0.146 e. The van der Waals surface area contributed by atoms with Crippen LogP contribution in [0.4, 0.5) is 0 Å². The summed E-state index contributed by atoms with van der Waals surface area (Å²) in [5.41, 5.74) is 1.32. The van der Waals surface area contributed by atoms with Gasteiger partial charge in [-0.2, -0.15) is 0 Å². The molecule has 1 aliphatic rings. The summed E-state index contributed by atoms with van der Waals surface area (Å²) in [5.74, 6) is 2.46. The molecule has 1 aliphatic heterocycles. The molecule has 3 rings (SSSR count). The van der Waals surface area contributed by atoms with Gasteiger partial charge in [0.2, 0.25) is 0 Å². The highest BCUT2D eigenvalue weighted by molar-refractivity contribution is 5.25. The van der Waals surface area contributed by atoms with Crippen LogP contribution in [0.1, 0.15) is 43.9 Å². The second-order valence-electron chi connectivity index (χ2n) is 4.93. The molecule has 0 amide bonds. The lowest BCUT2D eigenvalue weighted by atomic mass is 9.90. The van der Waals surface area contributed by atoms with Crippen LogP contribution >= 0.6 is 0 Å². The maximum atomic E-state index is 5.77. The number of piperidine rings is 1. The summed E-state index contributed by atoms with van der Waals surface area (Å²) < 4.78 is 11.4. The van der Waals surface area contributed by atoms with Gasteiger partial charge in [-0.25, -0.2) is 0 Å². The quantitative estimate of drug-likeness (QED) is 0.907. The highest BCUT2D eigenvalue weighted by Gasteiger charge is 2.20. The van der Waals surface area contributed by atoms with E-state index < -0.39 is 0 Å². The third-order valence-corrected chi connectivity index (χ3v) is 3.67. The van der Waals surface area contributed by atoms with Crippen LogP contribution in [-0.4, -0.2) is 13.1 Å². The highest BCUT2D eigenvalue weighted by atomic mass is 16.5. The van der Waals surface area contributed by atoms with Crippen LogP contribution in [-0.2, 0) is 6.61 Å². The van der Waals surface area contributed by atoms with Crippen LogP contribution < -0.4 is 10.1 Å². The van der Waals surface area contributed by atoms with Crippen molar-refractivity contribution >= 4 is 0 Å². The minimum Gasteiger partial charge on any atom is -0.486 e. The standard InChI is InChI=1S/C16H19NO2.C2H6/c1-2-4-14(5-3-1)19-12-16-15(8-11-18-16)13-6-9-17-10-7-13;1-2/h1-5,8,11,13,17H,6-7,9-10,12H2;1-2H3. The lowest BCUT2D eigenvalue weighted by Gasteiger charge is -2.22. The van der Waals surface area contributed by atoms with Crippen LogP contribution in [0, 0.1) is 0 Å². The normalized spacial score (nSPS) is 15.1. The molecule has 0 saturated carbocycles. The molecule has 0 unspecified atom stereocenters. The monoisotopic (exact) mass is 287 g/mol. The predicted octanol–water partition coefficient (Wildman–Crippen LogP) is 4.35. The fourth-order valence-corrected chi connectivity index (χ4v) is 2.63. The van der Waals surface area contributed by atoms with Gasteiger partial charge in [0.25, 0.3) is 0 Å². The molecule has 3 nitrogen and oxygen atoms in total. The molecule has 21 heavy (non-hydrogen) atoms. The highest BCUT2D eigenvalue weighted by Crippen LogP contribution is 2.29. The summed E-state index contributed by atoms with van der Waals surface area (Å²) in [7, 11) is 0. The van der Waals surface area contributed by atoms with E-state index >= 15 is 0 Å². The predicted molar refractivity (Wildman–Crippen MR) is 85.7 cm³/mol. The Bertz CT molecular complexity index is 501. The first kappa shape index (κ1) is 15.6. The maximum absolute atomic E-state index is 5.77. The van der Waals surface area contributed by atoms with E-state index in [2.05, 4.69) is 11.4 Å². The Morgan fingerprint density at radius 3 is 2.52 bits per heavy atom. The molecule has 0 bridgehead atoms. The molecular weight excluding hydrogens is 262 g/mol. The number of ether oxygens (including phenoxy) is 1. The van der Waals surface area contributed by atoms with Gasteiger partial charge >= 0.3 is 0 Å². The van der Waals surface area contributed by atoms with Gasteiger partial charge in [0, 0.05) is 5.56 Å². The molecule has 0 aliphatic carbocycles. The second-order valence-corrected chi connectivity index (χ2v) is 4.93. The van der Waals surface area contributed by atoms with Crippen LogP contribution in [0.25, 0.3) is 0 Å². The Morgan fingerprint density at radius 1 is 1.10 bits per heavy atom. The topological polar surface area (TPSA) is 34.4 Å². The fraction of sp³-hybridized carbons (Fsp3) is 0.444. The molecule has 0 spiro atoms. The molecule has 1 aromatic carbocycles. The molecular formula is C18H25NO2. The Morgan fingerprint density at radius 2 is 1.81 bits per heavy atom. The molecule has 1 fully saturated rings. The minimum atomic E-state index is 0.510. The average Bonchev–Trinajstić information content (AvgIpc) is 3.05. The molecule has 114 valence electrons. The van der Waals surface area contributed by atoms with Crippen molar-refractivity contribution in [1.29, 1.82) is 0 Å². The van der Waals surface area contributed by atoms with Crippen molar-refractivity contribution in [3.8, 4) is 5.75 Å². The van der Waals surface area contributed by atoms with Gasteiger partial charge in [-0.05, 0) is 50.0 Å². The van der Waals surface area contributed by atoms with Crippen molar-refractivity contribution in [2.75, 3.05) is 13.1 Å². The number of furan rings is 1. The lowest BCUT2D eigenvalue weighted by molar-refractivity contribution is 0.266. The lowest BCUT2D eigenvalue weighted by Crippen LogP contribution is -2.26.